The Hall–Kier alpha value is -2.25. The fraction of sp³-hybridized carbons (Fsp3) is 0.500. The van der Waals surface area contributed by atoms with E-state index in [-0.39, 0.29) is 23.5 Å². The molecule has 0 aromatic heterocycles. The molecule has 0 saturated carbocycles. The van der Waals surface area contributed by atoms with Gasteiger partial charge in [0.2, 0.25) is 5.91 Å². The third-order valence-corrected chi connectivity index (χ3v) is 5.51. The number of unbranched alkanes of at least 4 members (excludes halogenated alkanes) is 1. The van der Waals surface area contributed by atoms with Crippen molar-refractivity contribution >= 4 is 5.91 Å². The van der Waals surface area contributed by atoms with Crippen LogP contribution >= 0.6 is 0 Å². The van der Waals surface area contributed by atoms with Gasteiger partial charge in [-0.1, -0.05) is 48.5 Å². The molecule has 1 aliphatic rings. The zero-order chi connectivity index (χ0) is 23.0. The summed E-state index contributed by atoms with van der Waals surface area (Å²) in [6, 6.07) is 16.6. The van der Waals surface area contributed by atoms with Crippen LogP contribution < -0.4 is 16.3 Å². The molecular formula is C26H37N3O3. The molecule has 0 radical (unpaired) electrons. The van der Waals surface area contributed by atoms with Gasteiger partial charge in [-0.15, -0.1) is 0 Å². The molecule has 32 heavy (non-hydrogen) atoms. The van der Waals surface area contributed by atoms with Gasteiger partial charge in [-0.2, -0.15) is 5.48 Å². The van der Waals surface area contributed by atoms with E-state index in [0.717, 1.165) is 19.4 Å². The zero-order valence-electron chi connectivity index (χ0n) is 19.7. The number of hydrogen-bond acceptors (Lipinski definition) is 5. The van der Waals surface area contributed by atoms with Gasteiger partial charge in [-0.25, -0.2) is 5.48 Å². The lowest BCUT2D eigenvalue weighted by atomic mass is 9.98. The molecule has 0 aliphatic heterocycles. The molecule has 1 unspecified atom stereocenters. The summed E-state index contributed by atoms with van der Waals surface area (Å²) in [5, 5.41) is 2.91. The van der Waals surface area contributed by atoms with E-state index < -0.39 is 0 Å². The fourth-order valence-electron chi connectivity index (χ4n) is 4.03. The van der Waals surface area contributed by atoms with Crippen molar-refractivity contribution in [3.63, 3.8) is 0 Å². The minimum Gasteiger partial charge on any atom is -0.355 e. The Labute approximate surface area is 192 Å². The average molecular weight is 440 g/mol. The molecule has 2 aromatic carbocycles. The molecule has 1 amide bonds. The van der Waals surface area contributed by atoms with Crippen LogP contribution in [-0.2, 0) is 14.5 Å². The summed E-state index contributed by atoms with van der Waals surface area (Å²) in [5.74, 6) is 0.127. The van der Waals surface area contributed by atoms with Crippen molar-refractivity contribution in [2.24, 2.45) is 0 Å². The van der Waals surface area contributed by atoms with E-state index in [2.05, 4.69) is 64.8 Å². The molecule has 0 spiro atoms. The summed E-state index contributed by atoms with van der Waals surface area (Å²) in [7, 11) is 0. The largest absolute Gasteiger partial charge is 0.355 e. The van der Waals surface area contributed by atoms with Crippen molar-refractivity contribution in [1.82, 2.24) is 16.3 Å². The highest BCUT2D eigenvalue weighted by Gasteiger charge is 2.28. The van der Waals surface area contributed by atoms with Crippen molar-refractivity contribution in [1.29, 1.82) is 0 Å². The van der Waals surface area contributed by atoms with Crippen LogP contribution in [0, 0.1) is 0 Å². The minimum atomic E-state index is -0.384. The van der Waals surface area contributed by atoms with Gasteiger partial charge in [0.25, 0.3) is 0 Å². The number of hydroxylamine groups is 2. The Morgan fingerprint density at radius 1 is 1.00 bits per heavy atom. The maximum atomic E-state index is 12.5. The van der Waals surface area contributed by atoms with Crippen LogP contribution in [0.15, 0.2) is 48.5 Å². The first kappa shape index (κ1) is 24.4. The van der Waals surface area contributed by atoms with Gasteiger partial charge >= 0.3 is 0 Å². The van der Waals surface area contributed by atoms with Crippen LogP contribution in [0.5, 0.6) is 0 Å². The molecule has 6 nitrogen and oxygen atoms in total. The summed E-state index contributed by atoms with van der Waals surface area (Å²) in [5.41, 5.74) is 10.9. The topological polar surface area (TPSA) is 71.6 Å². The van der Waals surface area contributed by atoms with E-state index in [4.69, 9.17) is 9.68 Å². The number of hydrogen-bond donors (Lipinski definition) is 3. The summed E-state index contributed by atoms with van der Waals surface area (Å²) >= 11 is 0. The van der Waals surface area contributed by atoms with Gasteiger partial charge in [0.1, 0.15) is 6.04 Å². The number of carbonyl (C=O) groups is 1. The Bertz CT molecular complexity index is 833. The van der Waals surface area contributed by atoms with Gasteiger partial charge in [0.05, 0.1) is 12.2 Å². The lowest BCUT2D eigenvalue weighted by molar-refractivity contribution is -0.127. The monoisotopic (exact) mass is 439 g/mol. The molecule has 1 atom stereocenters. The van der Waals surface area contributed by atoms with Crippen molar-refractivity contribution in [2.45, 2.75) is 64.5 Å². The van der Waals surface area contributed by atoms with Gasteiger partial charge in [0, 0.05) is 19.0 Å². The van der Waals surface area contributed by atoms with E-state index in [1.54, 1.807) is 0 Å². The number of likely N-dealkylation sites (N-methyl/N-ethyl adjacent to an activating group) is 1. The van der Waals surface area contributed by atoms with Crippen molar-refractivity contribution in [2.75, 3.05) is 19.7 Å². The second kappa shape index (κ2) is 11.6. The lowest BCUT2D eigenvalue weighted by Crippen LogP contribution is -2.44. The average Bonchev–Trinajstić information content (AvgIpc) is 3.08. The Balaban J connectivity index is 1.52. The van der Waals surface area contributed by atoms with Crippen LogP contribution in [0.25, 0.3) is 11.1 Å². The highest BCUT2D eigenvalue weighted by Crippen LogP contribution is 2.44. The Morgan fingerprint density at radius 2 is 1.62 bits per heavy atom. The molecule has 3 N–H and O–H groups in total. The third-order valence-electron chi connectivity index (χ3n) is 5.51. The molecule has 0 fully saturated rings. The summed E-state index contributed by atoms with van der Waals surface area (Å²) < 4.78 is 0. The number of nitrogens with one attached hydrogen (secondary N) is 3. The van der Waals surface area contributed by atoms with Crippen LogP contribution in [0.3, 0.4) is 0 Å². The second-order valence-corrected chi connectivity index (χ2v) is 9.21. The van der Waals surface area contributed by atoms with Crippen molar-refractivity contribution < 1.29 is 14.5 Å². The van der Waals surface area contributed by atoms with Gasteiger partial charge in [-0.3, -0.25) is 9.63 Å². The van der Waals surface area contributed by atoms with Crippen molar-refractivity contribution in [3.05, 3.63) is 59.7 Å². The van der Waals surface area contributed by atoms with Crippen LogP contribution in [-0.4, -0.2) is 37.2 Å². The quantitative estimate of drug-likeness (QED) is 0.339. The van der Waals surface area contributed by atoms with Gasteiger partial charge in [-0.05, 0) is 69.2 Å². The minimum absolute atomic E-state index is 0.0291. The first-order chi connectivity index (χ1) is 15.4. The predicted octanol–water partition coefficient (Wildman–Crippen LogP) is 4.31. The third kappa shape index (κ3) is 6.62. The highest BCUT2D eigenvalue weighted by atomic mass is 16.7. The lowest BCUT2D eigenvalue weighted by Gasteiger charge is -2.21. The Kier molecular flexibility index (Phi) is 8.82. The number of carbonyl (C=O) groups excluding carboxylic acids is 1. The molecular weight excluding hydrogens is 402 g/mol. The molecule has 0 heterocycles. The summed E-state index contributed by atoms with van der Waals surface area (Å²) in [4.78, 5) is 24.0. The van der Waals surface area contributed by atoms with Gasteiger partial charge in [0.15, 0.2) is 0 Å². The predicted molar refractivity (Wildman–Crippen MR) is 128 cm³/mol. The molecule has 6 heteroatoms. The van der Waals surface area contributed by atoms with E-state index >= 15 is 0 Å². The van der Waals surface area contributed by atoms with Gasteiger partial charge < -0.3 is 10.2 Å². The van der Waals surface area contributed by atoms with E-state index in [1.807, 2.05) is 27.7 Å². The van der Waals surface area contributed by atoms with Crippen LogP contribution in [0.4, 0.5) is 0 Å². The summed E-state index contributed by atoms with van der Waals surface area (Å²) in [6.07, 6.45) is 2.49. The Morgan fingerprint density at radius 3 is 2.22 bits per heavy atom. The first-order valence-electron chi connectivity index (χ1n) is 11.6. The number of fused-ring (bicyclic) bond motifs is 3. The highest BCUT2D eigenvalue weighted by molar-refractivity contribution is 5.81. The standard InChI is InChI=1S/C26H37N3O3/c1-5-27-25(30)24(16-10-11-17-28-32-26(2,3)4)29-31-18-23-21-14-8-6-12-19(21)20-13-7-9-15-22(20)23/h6-9,12-15,23-24,28-29H,5,10-11,16-18H2,1-4H3,(H,27,30). The molecule has 2 aromatic rings. The number of amides is 1. The normalized spacial score (nSPS) is 14.1. The molecule has 0 saturated heterocycles. The maximum Gasteiger partial charge on any atom is 0.239 e. The second-order valence-electron chi connectivity index (χ2n) is 9.21. The SMILES string of the molecule is CCNC(=O)C(CCCCNOC(C)(C)C)NOCC1c2ccccc2-c2ccccc21. The first-order valence-corrected chi connectivity index (χ1v) is 11.6. The smallest absolute Gasteiger partial charge is 0.239 e. The molecule has 0 bridgehead atoms. The molecule has 3 rings (SSSR count). The van der Waals surface area contributed by atoms with E-state index in [1.165, 1.54) is 22.3 Å². The van der Waals surface area contributed by atoms with Crippen LogP contribution in [0.2, 0.25) is 0 Å². The number of benzene rings is 2. The van der Waals surface area contributed by atoms with Crippen LogP contribution in [0.1, 0.15) is 64.0 Å². The van der Waals surface area contributed by atoms with Crippen molar-refractivity contribution in [3.8, 4) is 11.1 Å². The zero-order valence-corrected chi connectivity index (χ0v) is 19.7. The number of rotatable bonds is 12. The summed E-state index contributed by atoms with van der Waals surface area (Å²) in [6.45, 7) is 9.77. The molecule has 1 aliphatic carbocycles. The maximum absolute atomic E-state index is 12.5. The van der Waals surface area contributed by atoms with E-state index in [0.29, 0.717) is 19.6 Å². The van der Waals surface area contributed by atoms with E-state index in [9.17, 15) is 4.79 Å². The fourth-order valence-corrected chi connectivity index (χ4v) is 4.03. The molecule has 174 valence electrons.